The van der Waals surface area contributed by atoms with Crippen LogP contribution in [0.15, 0.2) is 30.6 Å². The summed E-state index contributed by atoms with van der Waals surface area (Å²) < 4.78 is 6.87. The van der Waals surface area contributed by atoms with Crippen molar-refractivity contribution in [3.05, 3.63) is 36.2 Å². The molecule has 3 rings (SSSR count). The molecule has 8 heteroatoms. The molecule has 2 atom stereocenters. The topological polar surface area (TPSA) is 90.2 Å². The Bertz CT molecular complexity index is 762. The molecule has 2 aromatic rings. The van der Waals surface area contributed by atoms with E-state index >= 15 is 0 Å². The van der Waals surface area contributed by atoms with Gasteiger partial charge in [-0.1, -0.05) is 13.0 Å². The Morgan fingerprint density at radius 3 is 2.92 bits per heavy atom. The number of hydrogen-bond acceptors (Lipinski definition) is 6. The van der Waals surface area contributed by atoms with Crippen molar-refractivity contribution < 1.29 is 14.3 Å². The quantitative estimate of drug-likeness (QED) is 0.760. The van der Waals surface area contributed by atoms with E-state index in [1.165, 1.54) is 11.0 Å². The van der Waals surface area contributed by atoms with E-state index in [-0.39, 0.29) is 11.9 Å². The van der Waals surface area contributed by atoms with Gasteiger partial charge in [0.15, 0.2) is 6.10 Å². The maximum atomic E-state index is 12.7. The number of aromatic nitrogens is 4. The molecule has 1 aliphatic rings. The molecule has 1 aromatic carbocycles. The van der Waals surface area contributed by atoms with Crippen molar-refractivity contribution in [2.45, 2.75) is 51.7 Å². The van der Waals surface area contributed by atoms with Gasteiger partial charge in [0.05, 0.1) is 11.3 Å². The van der Waals surface area contributed by atoms with Gasteiger partial charge in [-0.2, -0.15) is 0 Å². The number of amides is 1. The number of hydrogen-bond donors (Lipinski definition) is 0. The molecule has 8 nitrogen and oxygen atoms in total. The van der Waals surface area contributed by atoms with Crippen LogP contribution in [0.3, 0.4) is 0 Å². The molecule has 1 saturated heterocycles. The number of esters is 1. The molecule has 1 amide bonds. The molecule has 1 aliphatic heterocycles. The van der Waals surface area contributed by atoms with E-state index in [1.54, 1.807) is 31.2 Å². The van der Waals surface area contributed by atoms with E-state index in [0.717, 1.165) is 32.2 Å². The van der Waals surface area contributed by atoms with E-state index in [9.17, 15) is 9.59 Å². The smallest absolute Gasteiger partial charge is 0.338 e. The average molecular weight is 357 g/mol. The fraction of sp³-hybridized carbons (Fsp3) is 0.500. The van der Waals surface area contributed by atoms with E-state index in [0.29, 0.717) is 11.3 Å². The Labute approximate surface area is 152 Å². The minimum atomic E-state index is -0.814. The zero-order chi connectivity index (χ0) is 18.5. The van der Waals surface area contributed by atoms with Crippen molar-refractivity contribution in [1.82, 2.24) is 25.1 Å². The number of piperidine rings is 1. The summed E-state index contributed by atoms with van der Waals surface area (Å²) in [4.78, 5) is 27.0. The van der Waals surface area contributed by atoms with E-state index in [2.05, 4.69) is 22.4 Å². The molecular weight excluding hydrogens is 334 g/mol. The Kier molecular flexibility index (Phi) is 5.60. The number of carbonyl (C=O) groups excluding carboxylic acids is 2. The molecule has 0 spiro atoms. The summed E-state index contributed by atoms with van der Waals surface area (Å²) in [6.45, 7) is 4.44. The molecule has 138 valence electrons. The lowest BCUT2D eigenvalue weighted by molar-refractivity contribution is -0.143. The van der Waals surface area contributed by atoms with Crippen LogP contribution in [0.2, 0.25) is 0 Å². The molecule has 2 heterocycles. The molecule has 0 N–H and O–H groups in total. The van der Waals surface area contributed by atoms with Crippen molar-refractivity contribution in [1.29, 1.82) is 0 Å². The van der Waals surface area contributed by atoms with Gasteiger partial charge in [0.1, 0.15) is 6.33 Å². The fourth-order valence-corrected chi connectivity index (χ4v) is 3.28. The summed E-state index contributed by atoms with van der Waals surface area (Å²) in [6, 6.07) is 7.01. The summed E-state index contributed by atoms with van der Waals surface area (Å²) in [5.41, 5.74) is 0.994. The maximum absolute atomic E-state index is 12.7. The molecular formula is C18H23N5O3. The minimum Gasteiger partial charge on any atom is -0.449 e. The monoisotopic (exact) mass is 357 g/mol. The van der Waals surface area contributed by atoms with Crippen LogP contribution in [0, 0.1) is 0 Å². The lowest BCUT2D eigenvalue weighted by atomic mass is 9.99. The first-order chi connectivity index (χ1) is 12.6. The second-order valence-electron chi connectivity index (χ2n) is 6.44. The molecule has 0 bridgehead atoms. The summed E-state index contributed by atoms with van der Waals surface area (Å²) in [7, 11) is 0. The van der Waals surface area contributed by atoms with Crippen LogP contribution in [-0.2, 0) is 9.53 Å². The Morgan fingerprint density at radius 1 is 1.35 bits per heavy atom. The minimum absolute atomic E-state index is 0.124. The lowest BCUT2D eigenvalue weighted by Gasteiger charge is -2.36. The van der Waals surface area contributed by atoms with Crippen LogP contribution in [0.25, 0.3) is 5.69 Å². The van der Waals surface area contributed by atoms with Gasteiger partial charge in [-0.3, -0.25) is 4.79 Å². The first-order valence-electron chi connectivity index (χ1n) is 8.95. The number of benzene rings is 1. The van der Waals surface area contributed by atoms with Crippen LogP contribution in [-0.4, -0.2) is 55.7 Å². The third-order valence-electron chi connectivity index (χ3n) is 4.71. The third kappa shape index (κ3) is 3.89. The molecule has 2 unspecified atom stereocenters. The number of carbonyl (C=O) groups is 2. The fourth-order valence-electron chi connectivity index (χ4n) is 3.28. The van der Waals surface area contributed by atoms with Crippen molar-refractivity contribution >= 4 is 11.9 Å². The van der Waals surface area contributed by atoms with Gasteiger partial charge in [0, 0.05) is 12.6 Å². The van der Waals surface area contributed by atoms with E-state index in [1.807, 2.05) is 4.90 Å². The van der Waals surface area contributed by atoms with Gasteiger partial charge < -0.3 is 9.64 Å². The highest BCUT2D eigenvalue weighted by Crippen LogP contribution is 2.21. The summed E-state index contributed by atoms with van der Waals surface area (Å²) >= 11 is 0. The molecule has 0 aliphatic carbocycles. The van der Waals surface area contributed by atoms with Crippen LogP contribution in [0.4, 0.5) is 0 Å². The van der Waals surface area contributed by atoms with Gasteiger partial charge in [-0.15, -0.1) is 5.10 Å². The highest BCUT2D eigenvalue weighted by atomic mass is 16.5. The third-order valence-corrected chi connectivity index (χ3v) is 4.71. The average Bonchev–Trinajstić information content (AvgIpc) is 3.22. The van der Waals surface area contributed by atoms with Crippen molar-refractivity contribution in [2.24, 2.45) is 0 Å². The number of tetrazole rings is 1. The highest BCUT2D eigenvalue weighted by molar-refractivity contribution is 5.92. The van der Waals surface area contributed by atoms with Gasteiger partial charge in [0.2, 0.25) is 0 Å². The zero-order valence-corrected chi connectivity index (χ0v) is 15.0. The van der Waals surface area contributed by atoms with Crippen LogP contribution in [0.5, 0.6) is 0 Å². The van der Waals surface area contributed by atoms with E-state index < -0.39 is 12.1 Å². The second-order valence-corrected chi connectivity index (χ2v) is 6.44. The largest absolute Gasteiger partial charge is 0.449 e. The van der Waals surface area contributed by atoms with Crippen LogP contribution < -0.4 is 0 Å². The number of ether oxygens (including phenoxy) is 1. The Hall–Kier alpha value is -2.77. The molecule has 26 heavy (non-hydrogen) atoms. The number of nitrogens with zero attached hydrogens (tertiary/aromatic N) is 5. The molecule has 1 fully saturated rings. The zero-order valence-electron chi connectivity index (χ0n) is 15.0. The maximum Gasteiger partial charge on any atom is 0.338 e. The molecule has 0 saturated carbocycles. The second kappa shape index (κ2) is 8.07. The molecule has 1 aromatic heterocycles. The summed E-state index contributed by atoms with van der Waals surface area (Å²) in [5, 5.41) is 11.0. The van der Waals surface area contributed by atoms with E-state index in [4.69, 9.17) is 4.74 Å². The van der Waals surface area contributed by atoms with Gasteiger partial charge in [0.25, 0.3) is 5.91 Å². The van der Waals surface area contributed by atoms with Crippen LogP contribution in [0.1, 0.15) is 49.9 Å². The van der Waals surface area contributed by atoms with Gasteiger partial charge >= 0.3 is 5.97 Å². The van der Waals surface area contributed by atoms with Crippen LogP contribution >= 0.6 is 0 Å². The van der Waals surface area contributed by atoms with Crippen molar-refractivity contribution in [3.63, 3.8) is 0 Å². The predicted molar refractivity (Wildman–Crippen MR) is 93.7 cm³/mol. The van der Waals surface area contributed by atoms with Crippen molar-refractivity contribution in [2.75, 3.05) is 6.54 Å². The van der Waals surface area contributed by atoms with Gasteiger partial charge in [-0.25, -0.2) is 9.48 Å². The number of likely N-dealkylation sites (tertiary alicyclic amines) is 1. The first-order valence-corrected chi connectivity index (χ1v) is 8.95. The van der Waals surface area contributed by atoms with Gasteiger partial charge in [-0.05, 0) is 61.2 Å². The summed E-state index contributed by atoms with van der Waals surface area (Å²) in [5.74, 6) is -0.660. The number of rotatable bonds is 5. The lowest BCUT2D eigenvalue weighted by Crippen LogP contribution is -2.48. The van der Waals surface area contributed by atoms with Crippen molar-refractivity contribution in [3.8, 4) is 5.69 Å². The predicted octanol–water partition coefficient (Wildman–Crippen LogP) is 2.00. The highest BCUT2D eigenvalue weighted by Gasteiger charge is 2.30. The molecule has 0 radical (unpaired) electrons. The normalized spacial score (nSPS) is 18.4. The first kappa shape index (κ1) is 18.0. The summed E-state index contributed by atoms with van der Waals surface area (Å²) in [6.07, 6.45) is 4.69. The standard InChI is InChI=1S/C18H23N5O3/c1-3-15-8-4-5-10-22(15)17(24)13(2)26-18(25)14-7-6-9-16(11-14)23-12-19-20-21-23/h6-7,9,11-13,15H,3-5,8,10H2,1-2H3. The Balaban J connectivity index is 1.67. The Morgan fingerprint density at radius 2 is 2.19 bits per heavy atom. The SMILES string of the molecule is CCC1CCCCN1C(=O)C(C)OC(=O)c1cccc(-n2cnnn2)c1.